The smallest absolute Gasteiger partial charge is 0.307 e. The highest BCUT2D eigenvalue weighted by Gasteiger charge is 2.34. The molecule has 2 atom stereocenters. The van der Waals surface area contributed by atoms with E-state index in [-0.39, 0.29) is 102 Å². The Hall–Kier alpha value is -4.32. The topological polar surface area (TPSA) is 222 Å². The maximum atomic E-state index is 12.9. The van der Waals surface area contributed by atoms with E-state index in [4.69, 9.17) is 28.4 Å². The van der Waals surface area contributed by atoms with Crippen molar-refractivity contribution in [2.45, 2.75) is 194 Å². The van der Waals surface area contributed by atoms with Crippen LogP contribution in [0.15, 0.2) is 0 Å². The van der Waals surface area contributed by atoms with Gasteiger partial charge in [0.15, 0.2) is 0 Å². The molecule has 68 heavy (non-hydrogen) atoms. The summed E-state index contributed by atoms with van der Waals surface area (Å²) in [7, 11) is 0. The average Bonchev–Trinajstić information content (AvgIpc) is 3.32. The minimum atomic E-state index is -0.974. The van der Waals surface area contributed by atoms with Crippen molar-refractivity contribution in [2.24, 2.45) is 0 Å². The number of carbonyl (C=O) groups is 8. The summed E-state index contributed by atoms with van der Waals surface area (Å²) in [4.78, 5) is 104. The molecule has 0 saturated carbocycles. The Morgan fingerprint density at radius 1 is 0.353 bits per heavy atom. The van der Waals surface area contributed by atoms with Crippen molar-refractivity contribution in [2.75, 3.05) is 78.9 Å². The molecule has 1 aliphatic rings. The number of hydrogen-bond donors (Lipinski definition) is 2. The van der Waals surface area contributed by atoms with E-state index in [1.807, 2.05) is 9.80 Å². The average molecular weight is 969 g/mol. The number of piperazine rings is 1. The lowest BCUT2D eigenvalue weighted by Crippen LogP contribution is -2.61. The SMILES string of the molecule is CCCCCCOC(=O)CCN(CCOC(=O)CCC1NC(=O)C(CCC(=O)OCCN(CCC(=O)OCCCCCC)CCC(=O)OCCCCCC)NC1=O)CCC(=O)OCCCCCC. The first-order valence-electron chi connectivity index (χ1n) is 25.9. The van der Waals surface area contributed by atoms with Crippen LogP contribution in [0.3, 0.4) is 0 Å². The number of rotatable bonds is 44. The molecule has 0 spiro atoms. The zero-order chi connectivity index (χ0) is 50.0. The molecule has 18 heteroatoms. The fourth-order valence-corrected chi connectivity index (χ4v) is 7.14. The number of ether oxygens (including phenoxy) is 6. The van der Waals surface area contributed by atoms with Gasteiger partial charge in [-0.15, -0.1) is 0 Å². The molecule has 0 radical (unpaired) electrons. The number of nitrogens with one attached hydrogen (secondary N) is 2. The Balaban J connectivity index is 2.54. The Morgan fingerprint density at radius 2 is 0.603 bits per heavy atom. The molecule has 1 rings (SSSR count). The lowest BCUT2D eigenvalue weighted by atomic mass is 10.0. The van der Waals surface area contributed by atoms with Crippen molar-refractivity contribution in [1.29, 1.82) is 0 Å². The molecule has 0 aromatic rings. The predicted molar refractivity (Wildman–Crippen MR) is 256 cm³/mol. The van der Waals surface area contributed by atoms with Gasteiger partial charge in [0, 0.05) is 52.1 Å². The molecule has 2 unspecified atom stereocenters. The van der Waals surface area contributed by atoms with E-state index in [1.165, 1.54) is 0 Å². The zero-order valence-electron chi connectivity index (χ0n) is 42.2. The van der Waals surface area contributed by atoms with Gasteiger partial charge in [0.05, 0.1) is 52.1 Å². The van der Waals surface area contributed by atoms with E-state index >= 15 is 0 Å². The second-order valence-electron chi connectivity index (χ2n) is 17.4. The Bertz CT molecular complexity index is 1270. The highest BCUT2D eigenvalue weighted by atomic mass is 16.6. The van der Waals surface area contributed by atoms with E-state index in [2.05, 4.69) is 38.3 Å². The van der Waals surface area contributed by atoms with Crippen LogP contribution in [0, 0.1) is 0 Å². The van der Waals surface area contributed by atoms with Crippen molar-refractivity contribution >= 4 is 47.6 Å². The second-order valence-corrected chi connectivity index (χ2v) is 17.4. The normalized spacial score (nSPS) is 14.6. The molecular formula is C50H88N4O14. The van der Waals surface area contributed by atoms with Crippen LogP contribution < -0.4 is 10.6 Å². The van der Waals surface area contributed by atoms with Gasteiger partial charge in [0.25, 0.3) is 0 Å². The third kappa shape index (κ3) is 34.0. The van der Waals surface area contributed by atoms with Crippen LogP contribution in [-0.4, -0.2) is 148 Å². The van der Waals surface area contributed by atoms with Crippen LogP contribution in [-0.2, 0) is 66.8 Å². The molecule has 1 fully saturated rings. The van der Waals surface area contributed by atoms with Crippen molar-refractivity contribution in [3.8, 4) is 0 Å². The molecule has 2 N–H and O–H groups in total. The van der Waals surface area contributed by atoms with E-state index in [1.54, 1.807) is 0 Å². The molecule has 2 amide bonds. The van der Waals surface area contributed by atoms with Crippen molar-refractivity contribution in [3.05, 3.63) is 0 Å². The Morgan fingerprint density at radius 3 is 0.868 bits per heavy atom. The first-order valence-corrected chi connectivity index (χ1v) is 25.9. The number of hydrogen-bond acceptors (Lipinski definition) is 16. The minimum Gasteiger partial charge on any atom is -0.466 e. The lowest BCUT2D eigenvalue weighted by molar-refractivity contribution is -0.148. The fourth-order valence-electron chi connectivity index (χ4n) is 7.14. The third-order valence-electron chi connectivity index (χ3n) is 11.5. The summed E-state index contributed by atoms with van der Waals surface area (Å²) < 4.78 is 32.3. The molecule has 0 aromatic carbocycles. The van der Waals surface area contributed by atoms with Gasteiger partial charge in [-0.05, 0) is 38.5 Å². The summed E-state index contributed by atoms with van der Waals surface area (Å²) >= 11 is 0. The summed E-state index contributed by atoms with van der Waals surface area (Å²) in [5.74, 6) is -3.49. The molecule has 0 bridgehead atoms. The van der Waals surface area contributed by atoms with E-state index in [0.717, 1.165) is 103 Å². The Kier molecular flexibility index (Phi) is 37.8. The van der Waals surface area contributed by atoms with Gasteiger partial charge in [-0.25, -0.2) is 0 Å². The van der Waals surface area contributed by atoms with Gasteiger partial charge >= 0.3 is 35.8 Å². The minimum absolute atomic E-state index is 0.00701. The van der Waals surface area contributed by atoms with E-state index in [0.29, 0.717) is 52.6 Å². The molecule has 0 aliphatic carbocycles. The van der Waals surface area contributed by atoms with Crippen LogP contribution in [0.5, 0.6) is 0 Å². The summed E-state index contributed by atoms with van der Waals surface area (Å²) in [6.07, 6.45) is 16.0. The molecule has 1 saturated heterocycles. The van der Waals surface area contributed by atoms with Gasteiger partial charge in [-0.2, -0.15) is 0 Å². The number of carbonyl (C=O) groups excluding carboxylic acids is 8. The number of unbranched alkanes of at least 4 members (excludes halogenated alkanes) is 12. The maximum absolute atomic E-state index is 12.9. The highest BCUT2D eigenvalue weighted by Crippen LogP contribution is 2.11. The van der Waals surface area contributed by atoms with Crippen LogP contribution in [0.1, 0.15) is 182 Å². The zero-order valence-corrected chi connectivity index (χ0v) is 42.2. The first kappa shape index (κ1) is 61.7. The van der Waals surface area contributed by atoms with Crippen molar-refractivity contribution < 1.29 is 66.8 Å². The molecule has 392 valence electrons. The number of esters is 6. The third-order valence-corrected chi connectivity index (χ3v) is 11.5. The quantitative estimate of drug-likeness (QED) is 0.0390. The van der Waals surface area contributed by atoms with Crippen molar-refractivity contribution in [3.63, 3.8) is 0 Å². The second kappa shape index (κ2) is 41.6. The summed E-state index contributed by atoms with van der Waals surface area (Å²) in [6, 6.07) is -1.95. The summed E-state index contributed by atoms with van der Waals surface area (Å²) in [6.45, 7) is 11.6. The summed E-state index contributed by atoms with van der Waals surface area (Å²) in [5.41, 5.74) is 0. The largest absolute Gasteiger partial charge is 0.466 e. The van der Waals surface area contributed by atoms with E-state index < -0.39 is 35.8 Å². The fraction of sp³-hybridized carbons (Fsp3) is 0.840. The van der Waals surface area contributed by atoms with Gasteiger partial charge in [0.1, 0.15) is 25.3 Å². The van der Waals surface area contributed by atoms with Crippen LogP contribution in [0.25, 0.3) is 0 Å². The maximum Gasteiger partial charge on any atom is 0.307 e. The first-order chi connectivity index (χ1) is 32.9. The van der Waals surface area contributed by atoms with Gasteiger partial charge in [-0.1, -0.05) is 105 Å². The summed E-state index contributed by atoms with van der Waals surface area (Å²) in [5, 5.41) is 5.26. The van der Waals surface area contributed by atoms with Crippen molar-refractivity contribution in [1.82, 2.24) is 20.4 Å². The number of nitrogens with zero attached hydrogens (tertiary/aromatic N) is 2. The molecular weight excluding hydrogens is 881 g/mol. The monoisotopic (exact) mass is 969 g/mol. The predicted octanol–water partition coefficient (Wildman–Crippen LogP) is 6.27. The van der Waals surface area contributed by atoms with Crippen LogP contribution in [0.2, 0.25) is 0 Å². The van der Waals surface area contributed by atoms with E-state index in [9.17, 15) is 38.4 Å². The highest BCUT2D eigenvalue weighted by molar-refractivity contribution is 5.97. The molecule has 18 nitrogen and oxygen atoms in total. The van der Waals surface area contributed by atoms with Gasteiger partial charge in [0.2, 0.25) is 11.8 Å². The molecule has 1 heterocycles. The lowest BCUT2D eigenvalue weighted by Gasteiger charge is -2.29. The Labute approximate surface area is 406 Å². The number of amides is 2. The molecule has 1 aliphatic heterocycles. The van der Waals surface area contributed by atoms with Gasteiger partial charge in [-0.3, -0.25) is 48.2 Å². The standard InChI is InChI=1S/C50H88N4O14/c1-5-9-13-17-35-63-45(57)25-29-53(30-26-46(58)64-36-18-14-10-6-2)33-39-67-43(55)23-21-41-49(61)52-42(50(62)51-41)22-24-44(56)68-40-34-54(31-27-47(59)65-37-19-15-11-7-3)32-28-48(60)66-38-20-16-12-8-4/h41-42H,5-40H2,1-4H3,(H,51,62)(H,52,61). The molecule has 0 aromatic heterocycles. The van der Waals surface area contributed by atoms with Crippen LogP contribution in [0.4, 0.5) is 0 Å². The van der Waals surface area contributed by atoms with Crippen LogP contribution >= 0.6 is 0 Å². The van der Waals surface area contributed by atoms with Gasteiger partial charge < -0.3 is 39.1 Å².